The number of aliphatic hydroxyl groups excluding tert-OH is 1. The lowest BCUT2D eigenvalue weighted by Crippen LogP contribution is -2.58. The summed E-state index contributed by atoms with van der Waals surface area (Å²) in [6.07, 6.45) is 5.64. The number of carbonyl (C=O) groups is 1. The summed E-state index contributed by atoms with van der Waals surface area (Å²) in [5, 5.41) is 10.4. The second-order valence-corrected chi connectivity index (χ2v) is 9.14. The van der Waals surface area contributed by atoms with Gasteiger partial charge in [-0.15, -0.1) is 0 Å². The molecule has 0 aromatic carbocycles. The molecule has 4 aliphatic rings. The third-order valence-corrected chi connectivity index (χ3v) is 8.32. The van der Waals surface area contributed by atoms with Gasteiger partial charge in [0.1, 0.15) is 12.0 Å². The summed E-state index contributed by atoms with van der Waals surface area (Å²) in [6, 6.07) is 0. The third-order valence-electron chi connectivity index (χ3n) is 8.32. The molecule has 4 rings (SSSR count). The van der Waals surface area contributed by atoms with Crippen molar-refractivity contribution < 1.29 is 14.3 Å². The summed E-state index contributed by atoms with van der Waals surface area (Å²) in [4.78, 5) is 11.9. The van der Waals surface area contributed by atoms with Crippen molar-refractivity contribution in [3.63, 3.8) is 0 Å². The van der Waals surface area contributed by atoms with Crippen molar-refractivity contribution in [2.45, 2.75) is 77.5 Å². The lowest BCUT2D eigenvalue weighted by atomic mass is 9.44. The molecular formula is C19H29FO2. The Labute approximate surface area is 132 Å². The number of Topliss-reactive ketones (excluding diaryl/α,β-unsaturated/α-hetero) is 1. The monoisotopic (exact) mass is 308 g/mol. The fourth-order valence-electron chi connectivity index (χ4n) is 7.07. The number of fused-ring (bicyclic) bond motifs is 5. The van der Waals surface area contributed by atoms with Crippen LogP contribution in [-0.4, -0.2) is 23.2 Å². The first-order valence-electron chi connectivity index (χ1n) is 9.20. The Morgan fingerprint density at radius 2 is 1.91 bits per heavy atom. The molecule has 0 radical (unpaired) electrons. The Balaban J connectivity index is 1.69. The van der Waals surface area contributed by atoms with Gasteiger partial charge in [0.25, 0.3) is 0 Å². The normalized spacial score (nSPS) is 57.9. The average Bonchev–Trinajstić information content (AvgIpc) is 2.75. The van der Waals surface area contributed by atoms with E-state index in [0.717, 1.165) is 32.1 Å². The number of ketones is 1. The number of hydrogen-bond acceptors (Lipinski definition) is 2. The van der Waals surface area contributed by atoms with E-state index in [4.69, 9.17) is 0 Å². The van der Waals surface area contributed by atoms with Crippen LogP contribution in [0.15, 0.2) is 0 Å². The molecule has 4 aliphatic carbocycles. The van der Waals surface area contributed by atoms with Gasteiger partial charge in [-0.05, 0) is 73.0 Å². The maximum atomic E-state index is 15.3. The Kier molecular flexibility index (Phi) is 3.28. The number of alkyl halides is 1. The number of aliphatic hydroxyl groups is 1. The van der Waals surface area contributed by atoms with E-state index in [0.29, 0.717) is 42.8 Å². The van der Waals surface area contributed by atoms with E-state index in [9.17, 15) is 9.90 Å². The third kappa shape index (κ3) is 1.84. The van der Waals surface area contributed by atoms with Crippen LogP contribution in [0.4, 0.5) is 4.39 Å². The van der Waals surface area contributed by atoms with Gasteiger partial charge in [0.2, 0.25) is 0 Å². The quantitative estimate of drug-likeness (QED) is 0.737. The first-order valence-corrected chi connectivity index (χ1v) is 9.20. The highest BCUT2D eigenvalue weighted by molar-refractivity contribution is 5.79. The largest absolute Gasteiger partial charge is 0.393 e. The summed E-state index contributed by atoms with van der Waals surface area (Å²) in [7, 11) is 0. The summed E-state index contributed by atoms with van der Waals surface area (Å²) in [5.74, 6) is 1.79. The molecule has 0 spiro atoms. The molecule has 22 heavy (non-hydrogen) atoms. The molecule has 1 N–H and O–H groups in total. The summed E-state index contributed by atoms with van der Waals surface area (Å²) in [6.45, 7) is 4.39. The summed E-state index contributed by atoms with van der Waals surface area (Å²) >= 11 is 0. The van der Waals surface area contributed by atoms with E-state index < -0.39 is 6.17 Å². The van der Waals surface area contributed by atoms with Gasteiger partial charge < -0.3 is 5.11 Å². The zero-order valence-corrected chi connectivity index (χ0v) is 13.9. The fourth-order valence-corrected chi connectivity index (χ4v) is 7.07. The van der Waals surface area contributed by atoms with Crippen molar-refractivity contribution in [1.29, 1.82) is 0 Å². The topological polar surface area (TPSA) is 37.3 Å². The number of halogens is 1. The SMILES string of the molecule is C[C@]12C[C@H](F)C3C(CC[C@H]4CC(=O)CC[C@]34C)C1CC[C@@H]2O. The zero-order chi connectivity index (χ0) is 15.7. The van der Waals surface area contributed by atoms with Crippen molar-refractivity contribution in [3.8, 4) is 0 Å². The van der Waals surface area contributed by atoms with Gasteiger partial charge in [-0.2, -0.15) is 0 Å². The number of carbonyl (C=O) groups excluding carboxylic acids is 1. The highest BCUT2D eigenvalue weighted by atomic mass is 19.1. The first-order chi connectivity index (χ1) is 10.4. The molecule has 8 atom stereocenters. The molecule has 3 heteroatoms. The van der Waals surface area contributed by atoms with Gasteiger partial charge >= 0.3 is 0 Å². The summed E-state index contributed by atoms with van der Waals surface area (Å²) < 4.78 is 15.3. The molecule has 124 valence electrons. The molecule has 2 nitrogen and oxygen atoms in total. The van der Waals surface area contributed by atoms with E-state index in [1.165, 1.54) is 0 Å². The molecule has 4 fully saturated rings. The molecule has 0 saturated heterocycles. The molecule has 0 bridgehead atoms. The van der Waals surface area contributed by atoms with E-state index in [2.05, 4.69) is 13.8 Å². The van der Waals surface area contributed by atoms with Crippen molar-refractivity contribution in [2.75, 3.05) is 0 Å². The van der Waals surface area contributed by atoms with Gasteiger partial charge in [-0.3, -0.25) is 4.79 Å². The maximum Gasteiger partial charge on any atom is 0.133 e. The Bertz CT molecular complexity index is 492. The van der Waals surface area contributed by atoms with Crippen LogP contribution in [0.1, 0.15) is 65.2 Å². The Morgan fingerprint density at radius 3 is 2.68 bits per heavy atom. The van der Waals surface area contributed by atoms with Gasteiger partial charge in [0, 0.05) is 12.8 Å². The first kappa shape index (κ1) is 15.1. The smallest absolute Gasteiger partial charge is 0.133 e. The Hall–Kier alpha value is -0.440. The predicted molar refractivity (Wildman–Crippen MR) is 83.0 cm³/mol. The molecule has 3 unspecified atom stereocenters. The molecule has 0 aromatic rings. The minimum Gasteiger partial charge on any atom is -0.393 e. The van der Waals surface area contributed by atoms with E-state index >= 15 is 4.39 Å². The number of rotatable bonds is 0. The summed E-state index contributed by atoms with van der Waals surface area (Å²) in [5.41, 5.74) is -0.209. The van der Waals surface area contributed by atoms with Gasteiger partial charge in [0.15, 0.2) is 0 Å². The van der Waals surface area contributed by atoms with Crippen LogP contribution in [-0.2, 0) is 4.79 Å². The Morgan fingerprint density at radius 1 is 1.14 bits per heavy atom. The van der Waals surface area contributed by atoms with Crippen LogP contribution in [0, 0.1) is 34.5 Å². The van der Waals surface area contributed by atoms with E-state index in [1.807, 2.05) is 0 Å². The number of hydrogen-bond donors (Lipinski definition) is 1. The second-order valence-electron chi connectivity index (χ2n) is 9.14. The molecule has 0 heterocycles. The van der Waals surface area contributed by atoms with E-state index in [1.54, 1.807) is 0 Å². The van der Waals surface area contributed by atoms with Crippen molar-refractivity contribution in [1.82, 2.24) is 0 Å². The van der Waals surface area contributed by atoms with Crippen LogP contribution >= 0.6 is 0 Å². The average molecular weight is 308 g/mol. The van der Waals surface area contributed by atoms with Crippen molar-refractivity contribution in [2.24, 2.45) is 34.5 Å². The minimum atomic E-state index is -0.806. The van der Waals surface area contributed by atoms with E-state index in [-0.39, 0.29) is 22.9 Å². The van der Waals surface area contributed by atoms with Crippen molar-refractivity contribution in [3.05, 3.63) is 0 Å². The van der Waals surface area contributed by atoms with Gasteiger partial charge in [-0.25, -0.2) is 4.39 Å². The predicted octanol–water partition coefficient (Wildman–Crippen LogP) is 3.91. The lowest BCUT2D eigenvalue weighted by Gasteiger charge is -2.60. The minimum absolute atomic E-state index is 0.00508. The molecule has 0 aromatic heterocycles. The highest BCUT2D eigenvalue weighted by Crippen LogP contribution is 2.66. The molecule has 4 saturated carbocycles. The van der Waals surface area contributed by atoms with Crippen molar-refractivity contribution >= 4 is 5.78 Å². The molecule has 0 amide bonds. The standard InChI is InChI=1S/C19H29FO2/c1-18-8-7-12(21)9-11(18)3-4-13-14-5-6-16(22)19(14,2)10-15(20)17(13)18/h11,13-17,22H,3-10H2,1-2H3/t11-,13?,14?,15-,16-,17?,18-,19-/m0/s1. The van der Waals surface area contributed by atoms with Crippen LogP contribution in [0.25, 0.3) is 0 Å². The fraction of sp³-hybridized carbons (Fsp3) is 0.947. The lowest BCUT2D eigenvalue weighted by molar-refractivity contribution is -0.161. The van der Waals surface area contributed by atoms with Crippen LogP contribution in [0.5, 0.6) is 0 Å². The highest BCUT2D eigenvalue weighted by Gasteiger charge is 2.63. The second kappa shape index (κ2) is 4.78. The van der Waals surface area contributed by atoms with Crippen LogP contribution < -0.4 is 0 Å². The van der Waals surface area contributed by atoms with Crippen LogP contribution in [0.3, 0.4) is 0 Å². The van der Waals surface area contributed by atoms with Gasteiger partial charge in [0.05, 0.1) is 6.10 Å². The zero-order valence-electron chi connectivity index (χ0n) is 13.9. The molecular weight excluding hydrogens is 279 g/mol. The maximum absolute atomic E-state index is 15.3. The molecule has 0 aliphatic heterocycles. The van der Waals surface area contributed by atoms with Crippen LogP contribution in [0.2, 0.25) is 0 Å². The van der Waals surface area contributed by atoms with Gasteiger partial charge in [-0.1, -0.05) is 13.8 Å².